The molecule has 0 radical (unpaired) electrons. The van der Waals surface area contributed by atoms with Crippen molar-refractivity contribution in [3.8, 4) is 11.5 Å². The Hall–Kier alpha value is -2.82. The highest BCUT2D eigenvalue weighted by Crippen LogP contribution is 2.27. The lowest BCUT2D eigenvalue weighted by molar-refractivity contribution is 0.179. The van der Waals surface area contributed by atoms with Crippen LogP contribution < -0.4 is 4.74 Å². The molecule has 0 heterocycles. The van der Waals surface area contributed by atoms with Crippen molar-refractivity contribution in [3.63, 3.8) is 0 Å². The number of para-hydroxylation sites is 1. The Bertz CT molecular complexity index is 609. The Labute approximate surface area is 123 Å². The van der Waals surface area contributed by atoms with Gasteiger partial charge in [-0.3, -0.25) is 0 Å². The van der Waals surface area contributed by atoms with Crippen molar-refractivity contribution < 1.29 is 14.6 Å². The number of benzene rings is 2. The maximum absolute atomic E-state index is 9.58. The summed E-state index contributed by atoms with van der Waals surface area (Å²) in [5.74, 6) is 0.826. The number of nitrogens with zero attached hydrogens (tertiary/aromatic N) is 2. The molecule has 0 atom stereocenters. The fourth-order valence-corrected chi connectivity index (χ4v) is 1.56. The number of aromatic hydroxyl groups is 1. The van der Waals surface area contributed by atoms with Gasteiger partial charge in [-0.05, 0) is 36.4 Å². The van der Waals surface area contributed by atoms with Gasteiger partial charge in [-0.25, -0.2) is 0 Å². The molecular weight excluding hydrogens is 268 g/mol. The van der Waals surface area contributed by atoms with Gasteiger partial charge in [0.1, 0.15) is 30.4 Å². The van der Waals surface area contributed by atoms with E-state index < -0.39 is 0 Å². The zero-order valence-corrected chi connectivity index (χ0v) is 11.5. The van der Waals surface area contributed by atoms with Crippen LogP contribution in [0, 0.1) is 0 Å². The van der Waals surface area contributed by atoms with Gasteiger partial charge in [0.25, 0.3) is 0 Å². The number of ether oxygens (including phenoxy) is 2. The second-order valence-corrected chi connectivity index (χ2v) is 4.07. The summed E-state index contributed by atoms with van der Waals surface area (Å²) in [6.07, 6.45) is 1.38. The number of phenolic OH excluding ortho intramolecular Hbond substituents is 1. The van der Waals surface area contributed by atoms with Gasteiger partial charge in [0, 0.05) is 0 Å². The first kappa shape index (κ1) is 14.6. The van der Waals surface area contributed by atoms with Crippen molar-refractivity contribution in [2.45, 2.75) is 0 Å². The van der Waals surface area contributed by atoms with Gasteiger partial charge < -0.3 is 14.6 Å². The van der Waals surface area contributed by atoms with Crippen LogP contribution in [0.4, 0.5) is 11.4 Å². The lowest BCUT2D eigenvalue weighted by atomic mass is 10.3. The summed E-state index contributed by atoms with van der Waals surface area (Å²) in [6, 6.07) is 13.9. The third-order valence-electron chi connectivity index (χ3n) is 2.58. The molecule has 0 aliphatic rings. The molecule has 2 aromatic carbocycles. The minimum atomic E-state index is 0.100. The Morgan fingerprint density at radius 2 is 1.76 bits per heavy atom. The van der Waals surface area contributed by atoms with Crippen molar-refractivity contribution >= 4 is 11.4 Å². The molecule has 0 aliphatic carbocycles. The second-order valence-electron chi connectivity index (χ2n) is 4.07. The number of hydrogen-bond donors (Lipinski definition) is 1. The molecular formula is C16H16N2O3. The third-order valence-corrected chi connectivity index (χ3v) is 2.58. The maximum Gasteiger partial charge on any atom is 0.143 e. The lowest BCUT2D eigenvalue weighted by Gasteiger charge is -2.05. The van der Waals surface area contributed by atoms with E-state index in [1.807, 2.05) is 0 Å². The van der Waals surface area contributed by atoms with Crippen molar-refractivity contribution in [3.05, 3.63) is 61.4 Å². The van der Waals surface area contributed by atoms with Crippen LogP contribution >= 0.6 is 0 Å². The first-order valence-electron chi connectivity index (χ1n) is 6.44. The minimum absolute atomic E-state index is 0.100. The van der Waals surface area contributed by atoms with Crippen LogP contribution in [0.25, 0.3) is 0 Å². The summed E-state index contributed by atoms with van der Waals surface area (Å²) in [6.45, 7) is 4.36. The minimum Gasteiger partial charge on any atom is -0.506 e. The van der Waals surface area contributed by atoms with Crippen LogP contribution in [0.1, 0.15) is 0 Å². The summed E-state index contributed by atoms with van der Waals surface area (Å²) >= 11 is 0. The molecule has 2 aromatic rings. The van der Waals surface area contributed by atoms with E-state index in [4.69, 9.17) is 9.47 Å². The summed E-state index contributed by atoms with van der Waals surface area (Å²) in [4.78, 5) is 0. The Kier molecular flexibility index (Phi) is 5.34. The molecule has 0 aliphatic heterocycles. The Morgan fingerprint density at radius 3 is 2.48 bits per heavy atom. The Morgan fingerprint density at radius 1 is 1.00 bits per heavy atom. The van der Waals surface area contributed by atoms with Crippen molar-refractivity contribution in [2.24, 2.45) is 10.2 Å². The SMILES string of the molecule is C=COCCOc1ccc(N=Nc2ccccc2O)cc1. The normalized spacial score (nSPS) is 10.5. The molecule has 5 heteroatoms. The van der Waals surface area contributed by atoms with Gasteiger partial charge in [-0.15, -0.1) is 5.11 Å². The van der Waals surface area contributed by atoms with Gasteiger partial charge in [0.15, 0.2) is 0 Å². The van der Waals surface area contributed by atoms with E-state index in [-0.39, 0.29) is 5.75 Å². The van der Waals surface area contributed by atoms with Crippen molar-refractivity contribution in [1.82, 2.24) is 0 Å². The highest BCUT2D eigenvalue weighted by molar-refractivity contribution is 5.50. The zero-order valence-electron chi connectivity index (χ0n) is 11.5. The van der Waals surface area contributed by atoms with E-state index >= 15 is 0 Å². The van der Waals surface area contributed by atoms with Crippen LogP contribution in [-0.4, -0.2) is 18.3 Å². The van der Waals surface area contributed by atoms with Crippen LogP contribution in [0.3, 0.4) is 0 Å². The van der Waals surface area contributed by atoms with E-state index in [0.717, 1.165) is 5.75 Å². The number of phenols is 1. The van der Waals surface area contributed by atoms with Gasteiger partial charge in [0.05, 0.1) is 11.9 Å². The van der Waals surface area contributed by atoms with E-state index in [1.54, 1.807) is 48.5 Å². The highest BCUT2D eigenvalue weighted by Gasteiger charge is 1.98. The largest absolute Gasteiger partial charge is 0.506 e. The zero-order chi connectivity index (χ0) is 14.9. The molecule has 0 unspecified atom stereocenters. The monoisotopic (exact) mass is 284 g/mol. The summed E-state index contributed by atoms with van der Waals surface area (Å²) in [5, 5.41) is 17.6. The topological polar surface area (TPSA) is 63.4 Å². The molecule has 0 aromatic heterocycles. The molecule has 0 bridgehead atoms. The quantitative estimate of drug-likeness (QED) is 0.467. The van der Waals surface area contributed by atoms with Crippen molar-refractivity contribution in [2.75, 3.05) is 13.2 Å². The average molecular weight is 284 g/mol. The van der Waals surface area contributed by atoms with Crippen molar-refractivity contribution in [1.29, 1.82) is 0 Å². The van der Waals surface area contributed by atoms with E-state index in [1.165, 1.54) is 6.26 Å². The molecule has 0 spiro atoms. The van der Waals surface area contributed by atoms with E-state index in [0.29, 0.717) is 24.6 Å². The first-order chi connectivity index (χ1) is 10.3. The fraction of sp³-hybridized carbons (Fsp3) is 0.125. The molecule has 108 valence electrons. The van der Waals surface area contributed by atoms with Gasteiger partial charge >= 0.3 is 0 Å². The molecule has 1 N–H and O–H groups in total. The molecule has 21 heavy (non-hydrogen) atoms. The van der Waals surface area contributed by atoms with Crippen LogP contribution in [0.5, 0.6) is 11.5 Å². The van der Waals surface area contributed by atoms with Gasteiger partial charge in [0.2, 0.25) is 0 Å². The summed E-state index contributed by atoms with van der Waals surface area (Å²) in [7, 11) is 0. The fourth-order valence-electron chi connectivity index (χ4n) is 1.56. The standard InChI is InChI=1S/C16H16N2O3/c1-2-20-11-12-21-14-9-7-13(8-10-14)17-18-15-5-3-4-6-16(15)19/h2-10,19H,1,11-12H2. The predicted molar refractivity (Wildman–Crippen MR) is 80.4 cm³/mol. The lowest BCUT2D eigenvalue weighted by Crippen LogP contribution is -2.03. The first-order valence-corrected chi connectivity index (χ1v) is 6.44. The van der Waals surface area contributed by atoms with Crippen LogP contribution in [-0.2, 0) is 4.74 Å². The summed E-state index contributed by atoms with van der Waals surface area (Å²) in [5.41, 5.74) is 1.10. The van der Waals surface area contributed by atoms with E-state index in [2.05, 4.69) is 16.8 Å². The molecule has 0 saturated carbocycles. The maximum atomic E-state index is 9.58. The smallest absolute Gasteiger partial charge is 0.143 e. The Balaban J connectivity index is 1.93. The van der Waals surface area contributed by atoms with E-state index in [9.17, 15) is 5.11 Å². The molecule has 0 amide bonds. The van der Waals surface area contributed by atoms with Gasteiger partial charge in [-0.2, -0.15) is 5.11 Å². The van der Waals surface area contributed by atoms with Crippen LogP contribution in [0.15, 0.2) is 71.6 Å². The molecule has 5 nitrogen and oxygen atoms in total. The predicted octanol–water partition coefficient (Wildman–Crippen LogP) is 4.35. The summed E-state index contributed by atoms with van der Waals surface area (Å²) < 4.78 is 10.4. The number of azo groups is 1. The number of rotatable bonds is 7. The average Bonchev–Trinajstić information content (AvgIpc) is 2.52. The molecule has 2 rings (SSSR count). The molecule has 0 saturated heterocycles. The van der Waals surface area contributed by atoms with Crippen LogP contribution in [0.2, 0.25) is 0 Å². The molecule has 0 fully saturated rings. The second kappa shape index (κ2) is 7.69. The number of hydrogen-bond acceptors (Lipinski definition) is 5. The third kappa shape index (κ3) is 4.65. The van der Waals surface area contributed by atoms with Gasteiger partial charge in [-0.1, -0.05) is 18.7 Å². The highest BCUT2D eigenvalue weighted by atomic mass is 16.5.